The Bertz CT molecular complexity index is 250. The minimum Gasteiger partial charge on any atom is -0.407 e. The number of rotatable bonds is 5. The first-order valence-electron chi connectivity index (χ1n) is 4.05. The lowest BCUT2D eigenvalue weighted by atomic mass is 10.4. The maximum Gasteiger partial charge on any atom is 0.315 e. The van der Waals surface area contributed by atoms with Gasteiger partial charge in [0.05, 0.1) is 12.6 Å². The summed E-state index contributed by atoms with van der Waals surface area (Å²) in [5.41, 5.74) is 5.30. The van der Waals surface area contributed by atoms with E-state index in [9.17, 15) is 0 Å². The third kappa shape index (κ3) is 3.00. The predicted octanol–water partition coefficient (Wildman–Crippen LogP) is -0.0249. The highest BCUT2D eigenvalue weighted by Crippen LogP contribution is 2.04. The van der Waals surface area contributed by atoms with Crippen LogP contribution in [0.1, 0.15) is 12.8 Å². The quantitative estimate of drug-likeness (QED) is 0.671. The van der Waals surface area contributed by atoms with Gasteiger partial charge in [0.15, 0.2) is 0 Å². The predicted molar refractivity (Wildman–Crippen MR) is 47.2 cm³/mol. The van der Waals surface area contributed by atoms with Gasteiger partial charge in [0.1, 0.15) is 0 Å². The lowest BCUT2D eigenvalue weighted by Crippen LogP contribution is -2.18. The van der Waals surface area contributed by atoms with Crippen LogP contribution in [0.5, 0.6) is 0 Å². The van der Waals surface area contributed by atoms with E-state index >= 15 is 0 Å². The molecular formula is C7H14N4O2. The van der Waals surface area contributed by atoms with E-state index in [0.29, 0.717) is 18.5 Å². The number of nitrogens with zero attached hydrogens (tertiary/aromatic N) is 2. The molecule has 0 saturated carbocycles. The van der Waals surface area contributed by atoms with Crippen LogP contribution in [0.4, 0.5) is 6.01 Å². The molecule has 1 unspecified atom stereocenters. The lowest BCUT2D eigenvalue weighted by Gasteiger charge is -2.07. The Balaban J connectivity index is 2.36. The summed E-state index contributed by atoms with van der Waals surface area (Å²) in [6.07, 6.45) is 0.105. The highest BCUT2D eigenvalue weighted by atomic mass is 16.5. The van der Waals surface area contributed by atoms with Gasteiger partial charge in [-0.2, -0.15) is 0 Å². The van der Waals surface area contributed by atoms with E-state index in [1.54, 1.807) is 7.11 Å². The molecule has 1 heterocycles. The second kappa shape index (κ2) is 4.78. The number of anilines is 1. The fourth-order valence-corrected chi connectivity index (χ4v) is 0.722. The van der Waals surface area contributed by atoms with E-state index in [2.05, 4.69) is 15.5 Å². The van der Waals surface area contributed by atoms with Crippen molar-refractivity contribution < 1.29 is 9.15 Å². The van der Waals surface area contributed by atoms with Gasteiger partial charge in [-0.05, 0) is 6.92 Å². The minimum absolute atomic E-state index is 0.105. The largest absolute Gasteiger partial charge is 0.407 e. The summed E-state index contributed by atoms with van der Waals surface area (Å²) in [4.78, 5) is 0. The summed E-state index contributed by atoms with van der Waals surface area (Å²) < 4.78 is 10.1. The molecular weight excluding hydrogens is 172 g/mol. The number of ether oxygens (including phenoxy) is 1. The van der Waals surface area contributed by atoms with Crippen molar-refractivity contribution in [2.75, 3.05) is 19.0 Å². The van der Waals surface area contributed by atoms with Crippen molar-refractivity contribution in [3.8, 4) is 0 Å². The number of aromatic nitrogens is 2. The van der Waals surface area contributed by atoms with Crippen LogP contribution >= 0.6 is 0 Å². The molecule has 0 bridgehead atoms. The van der Waals surface area contributed by atoms with Crippen LogP contribution in [-0.4, -0.2) is 30.0 Å². The van der Waals surface area contributed by atoms with Gasteiger partial charge in [-0.25, -0.2) is 0 Å². The molecule has 0 aliphatic carbocycles. The Kier molecular flexibility index (Phi) is 3.66. The van der Waals surface area contributed by atoms with E-state index in [1.165, 1.54) is 0 Å². The number of nitrogens with one attached hydrogen (secondary N) is 1. The maximum atomic E-state index is 5.30. The molecule has 74 valence electrons. The zero-order valence-corrected chi connectivity index (χ0v) is 7.78. The third-order valence-corrected chi connectivity index (χ3v) is 1.58. The average Bonchev–Trinajstić information content (AvgIpc) is 2.61. The Morgan fingerprint density at radius 2 is 2.38 bits per heavy atom. The topological polar surface area (TPSA) is 86.2 Å². The molecule has 0 spiro atoms. The molecule has 0 radical (unpaired) electrons. The SMILES string of the molecule is COC(C)CNc1nnc(CN)o1. The normalized spacial score (nSPS) is 12.8. The Morgan fingerprint density at radius 1 is 1.62 bits per heavy atom. The van der Waals surface area contributed by atoms with Crippen molar-refractivity contribution >= 4 is 6.01 Å². The van der Waals surface area contributed by atoms with E-state index < -0.39 is 0 Å². The third-order valence-electron chi connectivity index (χ3n) is 1.58. The van der Waals surface area contributed by atoms with Crippen LogP contribution in [0, 0.1) is 0 Å². The molecule has 13 heavy (non-hydrogen) atoms. The van der Waals surface area contributed by atoms with Crippen LogP contribution in [0.25, 0.3) is 0 Å². The molecule has 6 heteroatoms. The molecule has 0 aliphatic rings. The summed E-state index contributed by atoms with van der Waals surface area (Å²) in [6, 6.07) is 0.379. The molecule has 1 aromatic rings. The van der Waals surface area contributed by atoms with Crippen molar-refractivity contribution in [1.29, 1.82) is 0 Å². The Labute approximate surface area is 76.5 Å². The molecule has 1 rings (SSSR count). The fraction of sp³-hybridized carbons (Fsp3) is 0.714. The number of hydrogen-bond acceptors (Lipinski definition) is 6. The maximum absolute atomic E-state index is 5.30. The van der Waals surface area contributed by atoms with Crippen molar-refractivity contribution in [3.63, 3.8) is 0 Å². The van der Waals surface area contributed by atoms with Crippen LogP contribution in [-0.2, 0) is 11.3 Å². The van der Waals surface area contributed by atoms with Crippen molar-refractivity contribution in [3.05, 3.63) is 5.89 Å². The van der Waals surface area contributed by atoms with Gasteiger partial charge in [0.25, 0.3) is 0 Å². The van der Waals surface area contributed by atoms with Crippen molar-refractivity contribution in [2.45, 2.75) is 19.6 Å². The summed E-state index contributed by atoms with van der Waals surface area (Å²) in [5, 5.41) is 10.4. The van der Waals surface area contributed by atoms with Gasteiger partial charge in [-0.15, -0.1) is 5.10 Å². The first kappa shape index (κ1) is 9.94. The molecule has 6 nitrogen and oxygen atoms in total. The van der Waals surface area contributed by atoms with Crippen molar-refractivity contribution in [2.24, 2.45) is 5.73 Å². The van der Waals surface area contributed by atoms with Crippen molar-refractivity contribution in [1.82, 2.24) is 10.2 Å². The van der Waals surface area contributed by atoms with Gasteiger partial charge in [-0.1, -0.05) is 5.10 Å². The summed E-state index contributed by atoms with van der Waals surface area (Å²) in [7, 11) is 1.64. The molecule has 1 aromatic heterocycles. The van der Waals surface area contributed by atoms with E-state index in [4.69, 9.17) is 14.9 Å². The highest BCUT2D eigenvalue weighted by molar-refractivity contribution is 5.16. The van der Waals surface area contributed by atoms with E-state index in [0.717, 1.165) is 0 Å². The molecule has 0 fully saturated rings. The van der Waals surface area contributed by atoms with Crippen LogP contribution < -0.4 is 11.1 Å². The van der Waals surface area contributed by atoms with E-state index in [1.807, 2.05) is 6.92 Å². The summed E-state index contributed by atoms with van der Waals surface area (Å²) in [6.45, 7) is 2.82. The highest BCUT2D eigenvalue weighted by Gasteiger charge is 2.05. The standard InChI is InChI=1S/C7H14N4O2/c1-5(12-2)4-9-7-11-10-6(3-8)13-7/h5H,3-4,8H2,1-2H3,(H,9,11). The van der Waals surface area contributed by atoms with Crippen LogP contribution in [0.3, 0.4) is 0 Å². The number of nitrogens with two attached hydrogens (primary N) is 1. The van der Waals surface area contributed by atoms with Gasteiger partial charge in [0.2, 0.25) is 5.89 Å². The average molecular weight is 186 g/mol. The monoisotopic (exact) mass is 186 g/mol. The van der Waals surface area contributed by atoms with Gasteiger partial charge >= 0.3 is 6.01 Å². The van der Waals surface area contributed by atoms with Gasteiger partial charge in [-0.3, -0.25) is 0 Å². The summed E-state index contributed by atoms with van der Waals surface area (Å²) >= 11 is 0. The second-order valence-corrected chi connectivity index (χ2v) is 2.63. The minimum atomic E-state index is 0.105. The van der Waals surface area contributed by atoms with E-state index in [-0.39, 0.29) is 12.6 Å². The van der Waals surface area contributed by atoms with Crippen LogP contribution in [0.2, 0.25) is 0 Å². The zero-order valence-electron chi connectivity index (χ0n) is 7.78. The molecule has 3 N–H and O–H groups in total. The molecule has 0 amide bonds. The first-order valence-corrected chi connectivity index (χ1v) is 4.05. The first-order chi connectivity index (χ1) is 6.26. The summed E-state index contributed by atoms with van der Waals surface area (Å²) in [5.74, 6) is 0.424. The zero-order chi connectivity index (χ0) is 9.68. The lowest BCUT2D eigenvalue weighted by molar-refractivity contribution is 0.128. The van der Waals surface area contributed by atoms with Crippen LogP contribution in [0.15, 0.2) is 4.42 Å². The number of methoxy groups -OCH3 is 1. The Hall–Kier alpha value is -1.14. The number of hydrogen-bond donors (Lipinski definition) is 2. The molecule has 1 atom stereocenters. The fourth-order valence-electron chi connectivity index (χ4n) is 0.722. The van der Waals surface area contributed by atoms with Gasteiger partial charge in [0, 0.05) is 13.7 Å². The molecule has 0 aliphatic heterocycles. The van der Waals surface area contributed by atoms with Gasteiger partial charge < -0.3 is 20.2 Å². The Morgan fingerprint density at radius 3 is 2.92 bits per heavy atom. The molecule has 0 aromatic carbocycles. The second-order valence-electron chi connectivity index (χ2n) is 2.63. The smallest absolute Gasteiger partial charge is 0.315 e. The molecule has 0 saturated heterocycles.